The molecule has 1 saturated heterocycles. The summed E-state index contributed by atoms with van der Waals surface area (Å²) in [7, 11) is 0. The summed E-state index contributed by atoms with van der Waals surface area (Å²) >= 11 is 7.25. The Morgan fingerprint density at radius 3 is 2.70 bits per heavy atom. The van der Waals surface area contributed by atoms with Gasteiger partial charge in [0.2, 0.25) is 11.9 Å². The first-order valence-corrected chi connectivity index (χ1v) is 11.4. The van der Waals surface area contributed by atoms with E-state index in [4.69, 9.17) is 21.1 Å². The van der Waals surface area contributed by atoms with Crippen LogP contribution < -0.4 is 15.0 Å². The number of thioether (sulfide) groups is 1. The quantitative estimate of drug-likeness (QED) is 0.437. The van der Waals surface area contributed by atoms with Gasteiger partial charge in [-0.05, 0) is 30.2 Å². The molecule has 164 valence electrons. The average Bonchev–Trinajstić information content (AvgIpc) is 3.13. The van der Waals surface area contributed by atoms with E-state index in [9.17, 15) is 4.79 Å². The fourth-order valence-electron chi connectivity index (χ4n) is 2.98. The predicted octanol–water partition coefficient (Wildman–Crippen LogP) is 2.71. The van der Waals surface area contributed by atoms with Crippen molar-refractivity contribution in [1.82, 2.24) is 20.1 Å². The zero-order valence-electron chi connectivity index (χ0n) is 17.3. The Kier molecular flexibility index (Phi) is 8.65. The van der Waals surface area contributed by atoms with E-state index in [0.717, 1.165) is 36.5 Å². The normalized spacial score (nSPS) is 14.2. The second-order valence-corrected chi connectivity index (χ2v) is 8.71. The van der Waals surface area contributed by atoms with E-state index in [0.29, 0.717) is 37.3 Å². The summed E-state index contributed by atoms with van der Waals surface area (Å²) < 4.78 is 13.1. The van der Waals surface area contributed by atoms with E-state index in [1.54, 1.807) is 24.3 Å². The van der Waals surface area contributed by atoms with E-state index in [1.165, 1.54) is 11.8 Å². The van der Waals surface area contributed by atoms with Crippen LogP contribution in [0.4, 0.5) is 5.95 Å². The number of carbonyl (C=O) groups excluding carboxylic acids is 1. The van der Waals surface area contributed by atoms with Crippen LogP contribution in [0.3, 0.4) is 0 Å². The van der Waals surface area contributed by atoms with Crippen molar-refractivity contribution in [2.24, 2.45) is 5.92 Å². The molecule has 2 heterocycles. The van der Waals surface area contributed by atoms with Crippen LogP contribution in [0.25, 0.3) is 0 Å². The van der Waals surface area contributed by atoms with Crippen molar-refractivity contribution in [3.05, 3.63) is 29.3 Å². The molecule has 0 radical (unpaired) electrons. The van der Waals surface area contributed by atoms with Crippen LogP contribution in [0.1, 0.15) is 13.8 Å². The third-order valence-corrected chi connectivity index (χ3v) is 5.60. The van der Waals surface area contributed by atoms with Gasteiger partial charge in [0.05, 0.1) is 25.5 Å². The lowest BCUT2D eigenvalue weighted by Gasteiger charge is -2.28. The fourth-order valence-corrected chi connectivity index (χ4v) is 3.88. The van der Waals surface area contributed by atoms with Crippen LogP contribution >= 0.6 is 23.4 Å². The zero-order chi connectivity index (χ0) is 21.3. The lowest BCUT2D eigenvalue weighted by atomic mass is 10.2. The highest BCUT2D eigenvalue weighted by atomic mass is 35.5. The second-order valence-electron chi connectivity index (χ2n) is 7.33. The molecule has 30 heavy (non-hydrogen) atoms. The summed E-state index contributed by atoms with van der Waals surface area (Å²) in [6.45, 7) is 8.93. The molecule has 0 spiro atoms. The van der Waals surface area contributed by atoms with Gasteiger partial charge in [-0.1, -0.05) is 37.2 Å². The molecule has 1 fully saturated rings. The van der Waals surface area contributed by atoms with Crippen molar-refractivity contribution < 1.29 is 14.3 Å². The molecule has 1 aliphatic rings. The summed E-state index contributed by atoms with van der Waals surface area (Å²) in [6.07, 6.45) is 0. The highest BCUT2D eigenvalue weighted by Crippen LogP contribution is 2.24. The number of carbonyl (C=O) groups is 1. The first kappa shape index (κ1) is 22.7. The second kappa shape index (κ2) is 11.4. The van der Waals surface area contributed by atoms with E-state index < -0.39 is 0 Å². The molecular weight excluding hydrogens is 426 g/mol. The summed E-state index contributed by atoms with van der Waals surface area (Å²) in [4.78, 5) is 14.4. The molecule has 2 aromatic rings. The number of ether oxygens (including phenoxy) is 2. The third kappa shape index (κ3) is 6.78. The van der Waals surface area contributed by atoms with Gasteiger partial charge < -0.3 is 19.7 Å². The van der Waals surface area contributed by atoms with Crippen LogP contribution in [0.5, 0.6) is 5.75 Å². The summed E-state index contributed by atoms with van der Waals surface area (Å²) in [5, 5.41) is 13.0. The smallest absolute Gasteiger partial charge is 0.230 e. The summed E-state index contributed by atoms with van der Waals surface area (Å²) in [6, 6.07) is 7.14. The minimum atomic E-state index is -0.0632. The number of halogens is 1. The number of hydrogen-bond acceptors (Lipinski definition) is 7. The molecule has 1 amide bonds. The Bertz CT molecular complexity index is 809. The van der Waals surface area contributed by atoms with Gasteiger partial charge in [-0.3, -0.25) is 9.36 Å². The molecule has 8 nitrogen and oxygen atoms in total. The number of benzene rings is 1. The lowest BCUT2D eigenvalue weighted by molar-refractivity contribution is -0.118. The number of anilines is 1. The molecule has 1 aromatic carbocycles. The Labute approximate surface area is 186 Å². The van der Waals surface area contributed by atoms with Crippen LogP contribution in [0.15, 0.2) is 29.4 Å². The molecule has 0 aliphatic carbocycles. The van der Waals surface area contributed by atoms with Gasteiger partial charge in [-0.2, -0.15) is 0 Å². The van der Waals surface area contributed by atoms with Crippen LogP contribution in [-0.4, -0.2) is 65.9 Å². The zero-order valence-corrected chi connectivity index (χ0v) is 18.9. The molecule has 1 N–H and O–H groups in total. The molecule has 0 atom stereocenters. The van der Waals surface area contributed by atoms with Crippen molar-refractivity contribution >= 4 is 35.2 Å². The Morgan fingerprint density at radius 1 is 1.27 bits per heavy atom. The number of nitrogens with one attached hydrogen (secondary N) is 1. The molecule has 10 heteroatoms. The molecule has 1 aromatic heterocycles. The fraction of sp³-hybridized carbons (Fsp3) is 0.550. The molecule has 1 aliphatic heterocycles. The topological polar surface area (TPSA) is 81.5 Å². The number of amides is 1. The minimum absolute atomic E-state index is 0.0632. The monoisotopic (exact) mass is 453 g/mol. The van der Waals surface area contributed by atoms with Crippen molar-refractivity contribution in [3.63, 3.8) is 0 Å². The number of nitrogens with zero attached hydrogens (tertiary/aromatic N) is 4. The Morgan fingerprint density at radius 2 is 2.00 bits per heavy atom. The van der Waals surface area contributed by atoms with Crippen molar-refractivity contribution in [3.8, 4) is 5.75 Å². The number of morpholine rings is 1. The maximum absolute atomic E-state index is 12.2. The molecule has 0 saturated carbocycles. The van der Waals surface area contributed by atoms with E-state index in [-0.39, 0.29) is 11.7 Å². The first-order chi connectivity index (χ1) is 14.5. The third-order valence-electron chi connectivity index (χ3n) is 4.38. The van der Waals surface area contributed by atoms with Crippen molar-refractivity contribution in [2.75, 3.05) is 50.1 Å². The van der Waals surface area contributed by atoms with Crippen LogP contribution in [0.2, 0.25) is 5.02 Å². The summed E-state index contributed by atoms with van der Waals surface area (Å²) in [5.74, 6) is 2.23. The van der Waals surface area contributed by atoms with E-state index in [1.807, 2.05) is 0 Å². The summed E-state index contributed by atoms with van der Waals surface area (Å²) in [5.41, 5.74) is 0. The average molecular weight is 454 g/mol. The van der Waals surface area contributed by atoms with Gasteiger partial charge >= 0.3 is 0 Å². The largest absolute Gasteiger partial charge is 0.492 e. The lowest BCUT2D eigenvalue weighted by Crippen LogP contribution is -2.38. The predicted molar refractivity (Wildman–Crippen MR) is 119 cm³/mol. The Hall–Kier alpha value is -1.97. The minimum Gasteiger partial charge on any atom is -0.492 e. The van der Waals surface area contributed by atoms with E-state index in [2.05, 4.69) is 38.8 Å². The van der Waals surface area contributed by atoms with Crippen molar-refractivity contribution in [1.29, 1.82) is 0 Å². The maximum Gasteiger partial charge on any atom is 0.230 e. The van der Waals surface area contributed by atoms with Crippen LogP contribution in [-0.2, 0) is 16.1 Å². The van der Waals surface area contributed by atoms with Crippen molar-refractivity contribution in [2.45, 2.75) is 25.5 Å². The van der Waals surface area contributed by atoms with Gasteiger partial charge in [-0.15, -0.1) is 10.2 Å². The number of hydrogen-bond donors (Lipinski definition) is 1. The maximum atomic E-state index is 12.2. The standard InChI is InChI=1S/C20H28ClN5O3S/c1-15(2)13-26-19(25-8-11-28-12-9-25)23-24-20(26)30-14-18(27)22-7-10-29-17-5-3-16(21)4-6-17/h3-6,15H,7-14H2,1-2H3,(H,22,27). The van der Waals surface area contributed by atoms with E-state index >= 15 is 0 Å². The molecule has 3 rings (SSSR count). The SMILES string of the molecule is CC(C)Cn1c(SCC(=O)NCCOc2ccc(Cl)cc2)nnc1N1CCOCC1. The van der Waals surface area contributed by atoms with Gasteiger partial charge in [0.1, 0.15) is 12.4 Å². The number of rotatable bonds is 10. The van der Waals surface area contributed by atoms with Gasteiger partial charge in [0.15, 0.2) is 5.16 Å². The molecule has 0 bridgehead atoms. The van der Waals surface area contributed by atoms with Gasteiger partial charge in [-0.25, -0.2) is 0 Å². The first-order valence-electron chi connectivity index (χ1n) is 10.1. The van der Waals surface area contributed by atoms with Gasteiger partial charge in [0, 0.05) is 24.7 Å². The number of aromatic nitrogens is 3. The molecule has 0 unspecified atom stereocenters. The highest BCUT2D eigenvalue weighted by Gasteiger charge is 2.21. The Balaban J connectivity index is 1.47. The van der Waals surface area contributed by atoms with Gasteiger partial charge in [0.25, 0.3) is 0 Å². The molecular formula is C20H28ClN5O3S. The van der Waals surface area contributed by atoms with Crippen LogP contribution in [0, 0.1) is 5.92 Å². The highest BCUT2D eigenvalue weighted by molar-refractivity contribution is 7.99.